The van der Waals surface area contributed by atoms with Crippen LogP contribution in [0.15, 0.2) is 41.3 Å². The minimum Gasteiger partial charge on any atom is -0.493 e. The predicted molar refractivity (Wildman–Crippen MR) is 117 cm³/mol. The molecule has 0 spiro atoms. The SMILES string of the molecule is CCOc1ccc(NC(C)=O)cc1S(=O)(=O)N1CCC[C@H]1c1ccc(OC)c(OC)c1. The Labute approximate surface area is 183 Å². The number of carbonyl (C=O) groups excluding carboxylic acids is 1. The molecule has 2 aromatic rings. The van der Waals surface area contributed by atoms with Crippen LogP contribution in [-0.4, -0.2) is 46.0 Å². The van der Waals surface area contributed by atoms with Gasteiger partial charge in [-0.2, -0.15) is 4.31 Å². The van der Waals surface area contributed by atoms with Crippen molar-refractivity contribution in [2.75, 3.05) is 32.7 Å². The standard InChI is InChI=1S/C22H28N2O6S/c1-5-30-20-11-9-17(23-15(2)25)14-22(20)31(26,27)24-12-6-7-18(24)16-8-10-19(28-3)21(13-16)29-4/h8-11,13-14,18H,5-7,12H2,1-4H3,(H,23,25)/t18-/m0/s1. The summed E-state index contributed by atoms with van der Waals surface area (Å²) < 4.78 is 45.2. The molecule has 1 saturated heterocycles. The van der Waals surface area contributed by atoms with Crippen molar-refractivity contribution in [3.63, 3.8) is 0 Å². The fraction of sp³-hybridized carbons (Fsp3) is 0.409. The van der Waals surface area contributed by atoms with Crippen molar-refractivity contribution in [3.05, 3.63) is 42.0 Å². The van der Waals surface area contributed by atoms with E-state index < -0.39 is 10.0 Å². The van der Waals surface area contributed by atoms with Crippen LogP contribution in [0.5, 0.6) is 17.2 Å². The lowest BCUT2D eigenvalue weighted by atomic mass is 10.0. The van der Waals surface area contributed by atoms with Crippen LogP contribution in [0.1, 0.15) is 38.3 Å². The van der Waals surface area contributed by atoms with Gasteiger partial charge >= 0.3 is 0 Å². The number of amides is 1. The molecule has 0 saturated carbocycles. The van der Waals surface area contributed by atoms with Gasteiger partial charge in [-0.15, -0.1) is 0 Å². The summed E-state index contributed by atoms with van der Waals surface area (Å²) in [5.41, 5.74) is 1.23. The number of benzene rings is 2. The largest absolute Gasteiger partial charge is 0.493 e. The fourth-order valence-corrected chi connectivity index (χ4v) is 5.65. The molecule has 0 aromatic heterocycles. The number of hydrogen-bond donors (Lipinski definition) is 1. The summed E-state index contributed by atoms with van der Waals surface area (Å²) in [6, 6.07) is 9.76. The molecule has 0 bridgehead atoms. The minimum absolute atomic E-state index is 0.0352. The van der Waals surface area contributed by atoms with Crippen molar-refractivity contribution in [3.8, 4) is 17.2 Å². The number of methoxy groups -OCH3 is 2. The summed E-state index contributed by atoms with van der Waals surface area (Å²) in [4.78, 5) is 11.5. The zero-order valence-corrected chi connectivity index (χ0v) is 19.0. The van der Waals surface area contributed by atoms with Crippen molar-refractivity contribution in [1.29, 1.82) is 0 Å². The molecule has 0 aliphatic carbocycles. The summed E-state index contributed by atoms with van der Waals surface area (Å²) in [7, 11) is -0.792. The highest BCUT2D eigenvalue weighted by Gasteiger charge is 2.38. The molecule has 31 heavy (non-hydrogen) atoms. The molecule has 1 amide bonds. The third-order valence-electron chi connectivity index (χ3n) is 5.15. The van der Waals surface area contributed by atoms with Crippen LogP contribution in [-0.2, 0) is 14.8 Å². The Kier molecular flexibility index (Phi) is 7.07. The van der Waals surface area contributed by atoms with Gasteiger partial charge in [-0.1, -0.05) is 6.07 Å². The molecule has 168 valence electrons. The van der Waals surface area contributed by atoms with E-state index >= 15 is 0 Å². The lowest BCUT2D eigenvalue weighted by Crippen LogP contribution is -2.31. The average molecular weight is 449 g/mol. The maximum absolute atomic E-state index is 13.7. The third-order valence-corrected chi connectivity index (χ3v) is 7.08. The van der Waals surface area contributed by atoms with E-state index in [1.165, 1.54) is 17.3 Å². The Morgan fingerprint density at radius 3 is 2.45 bits per heavy atom. The fourth-order valence-electron chi connectivity index (χ4n) is 3.81. The minimum atomic E-state index is -3.90. The number of hydrogen-bond acceptors (Lipinski definition) is 6. The third kappa shape index (κ3) is 4.77. The van der Waals surface area contributed by atoms with Gasteiger partial charge < -0.3 is 19.5 Å². The first-order valence-corrected chi connectivity index (χ1v) is 11.5. The lowest BCUT2D eigenvalue weighted by Gasteiger charge is -2.26. The van der Waals surface area contributed by atoms with Crippen LogP contribution in [0.25, 0.3) is 0 Å². The number of rotatable bonds is 8. The van der Waals surface area contributed by atoms with Crippen LogP contribution >= 0.6 is 0 Å². The summed E-state index contributed by atoms with van der Waals surface area (Å²) in [6.07, 6.45) is 1.41. The molecule has 1 fully saturated rings. The lowest BCUT2D eigenvalue weighted by molar-refractivity contribution is -0.114. The Morgan fingerprint density at radius 1 is 1.10 bits per heavy atom. The van der Waals surface area contributed by atoms with Crippen LogP contribution in [0.3, 0.4) is 0 Å². The Bertz CT molecular complexity index is 1050. The van der Waals surface area contributed by atoms with E-state index in [2.05, 4.69) is 5.32 Å². The van der Waals surface area contributed by atoms with Crippen LogP contribution in [0.2, 0.25) is 0 Å². The van der Waals surface area contributed by atoms with Gasteiger partial charge in [0.15, 0.2) is 11.5 Å². The molecule has 9 heteroatoms. The van der Waals surface area contributed by atoms with Crippen molar-refractivity contribution in [2.45, 2.75) is 37.6 Å². The zero-order valence-electron chi connectivity index (χ0n) is 18.2. The second kappa shape index (κ2) is 9.57. The number of nitrogens with zero attached hydrogens (tertiary/aromatic N) is 1. The number of anilines is 1. The zero-order chi connectivity index (χ0) is 22.6. The van der Waals surface area contributed by atoms with E-state index in [9.17, 15) is 13.2 Å². The monoisotopic (exact) mass is 448 g/mol. The highest BCUT2D eigenvalue weighted by molar-refractivity contribution is 7.89. The first-order chi connectivity index (χ1) is 14.8. The van der Waals surface area contributed by atoms with Crippen molar-refractivity contribution < 1.29 is 27.4 Å². The molecule has 1 aliphatic heterocycles. The van der Waals surface area contributed by atoms with Gasteiger partial charge in [-0.05, 0) is 55.7 Å². The molecule has 1 atom stereocenters. The molecule has 0 unspecified atom stereocenters. The molecule has 8 nitrogen and oxygen atoms in total. The van der Waals surface area contributed by atoms with Gasteiger partial charge in [-0.25, -0.2) is 8.42 Å². The molecular weight excluding hydrogens is 420 g/mol. The first-order valence-electron chi connectivity index (χ1n) is 10.1. The summed E-state index contributed by atoms with van der Waals surface area (Å²) >= 11 is 0. The van der Waals surface area contributed by atoms with Gasteiger partial charge in [0.25, 0.3) is 0 Å². The molecular formula is C22H28N2O6S. The second-order valence-corrected chi connectivity index (χ2v) is 9.02. The van der Waals surface area contributed by atoms with E-state index in [1.807, 2.05) is 12.1 Å². The van der Waals surface area contributed by atoms with Gasteiger partial charge in [0.05, 0.1) is 26.9 Å². The highest BCUT2D eigenvalue weighted by atomic mass is 32.2. The van der Waals surface area contributed by atoms with Gasteiger partial charge in [-0.3, -0.25) is 4.79 Å². The van der Waals surface area contributed by atoms with E-state index in [4.69, 9.17) is 14.2 Å². The number of carbonyl (C=O) groups is 1. The van der Waals surface area contributed by atoms with Crippen molar-refractivity contribution >= 4 is 21.6 Å². The predicted octanol–water partition coefficient (Wildman–Crippen LogP) is 3.59. The van der Waals surface area contributed by atoms with Gasteiger partial charge in [0.2, 0.25) is 15.9 Å². The smallest absolute Gasteiger partial charge is 0.247 e. The Balaban J connectivity index is 2.03. The molecule has 1 aliphatic rings. The number of nitrogens with one attached hydrogen (secondary N) is 1. The summed E-state index contributed by atoms with van der Waals surface area (Å²) in [5.74, 6) is 1.11. The topological polar surface area (TPSA) is 94.2 Å². The van der Waals surface area contributed by atoms with E-state index in [-0.39, 0.29) is 22.6 Å². The van der Waals surface area contributed by atoms with E-state index in [0.717, 1.165) is 12.0 Å². The maximum Gasteiger partial charge on any atom is 0.247 e. The van der Waals surface area contributed by atoms with E-state index in [0.29, 0.717) is 36.8 Å². The Morgan fingerprint density at radius 2 is 1.81 bits per heavy atom. The van der Waals surface area contributed by atoms with Gasteiger partial charge in [0, 0.05) is 19.2 Å². The second-order valence-electron chi connectivity index (χ2n) is 7.16. The van der Waals surface area contributed by atoms with E-state index in [1.54, 1.807) is 39.3 Å². The van der Waals surface area contributed by atoms with Crippen LogP contribution in [0.4, 0.5) is 5.69 Å². The molecule has 2 aromatic carbocycles. The quantitative estimate of drug-likeness (QED) is 0.663. The molecule has 3 rings (SSSR count). The highest BCUT2D eigenvalue weighted by Crippen LogP contribution is 2.41. The van der Waals surface area contributed by atoms with Crippen molar-refractivity contribution in [1.82, 2.24) is 4.31 Å². The summed E-state index contributed by atoms with van der Waals surface area (Å²) in [6.45, 7) is 3.87. The average Bonchev–Trinajstić information content (AvgIpc) is 3.25. The molecule has 1 N–H and O–H groups in total. The number of ether oxygens (including phenoxy) is 3. The molecule has 0 radical (unpaired) electrons. The van der Waals surface area contributed by atoms with Crippen LogP contribution < -0.4 is 19.5 Å². The number of sulfonamides is 1. The Hall–Kier alpha value is -2.78. The molecule has 1 heterocycles. The normalized spacial score (nSPS) is 16.7. The summed E-state index contributed by atoms with van der Waals surface area (Å²) in [5, 5.41) is 2.64. The maximum atomic E-state index is 13.7. The van der Waals surface area contributed by atoms with Crippen LogP contribution in [0, 0.1) is 0 Å². The van der Waals surface area contributed by atoms with Crippen molar-refractivity contribution in [2.24, 2.45) is 0 Å². The first kappa shape index (κ1) is 22.9. The van der Waals surface area contributed by atoms with Gasteiger partial charge in [0.1, 0.15) is 10.6 Å².